The second-order valence-electron chi connectivity index (χ2n) is 4.94. The molecule has 4 heteroatoms. The van der Waals surface area contributed by atoms with Crippen molar-refractivity contribution in [1.82, 2.24) is 4.90 Å². The van der Waals surface area contributed by atoms with E-state index in [1.807, 2.05) is 22.4 Å². The first-order chi connectivity index (χ1) is 8.29. The molecule has 0 radical (unpaired) electrons. The molecule has 0 N–H and O–H groups in total. The molecule has 17 heavy (non-hydrogen) atoms. The van der Waals surface area contributed by atoms with Gasteiger partial charge in [0.05, 0.1) is 23.6 Å². The van der Waals surface area contributed by atoms with Crippen molar-refractivity contribution < 1.29 is 9.53 Å². The number of amides is 1. The number of hydrogen-bond donors (Lipinski definition) is 0. The zero-order valence-corrected chi connectivity index (χ0v) is 10.7. The Morgan fingerprint density at radius 2 is 2.24 bits per heavy atom. The van der Waals surface area contributed by atoms with E-state index in [-0.39, 0.29) is 11.5 Å². The minimum atomic E-state index is -0.0226. The number of carbonyl (C=O) groups excluding carboxylic acids is 1. The SMILES string of the molecule is O=C(c1cccs1)N1CCOC2(CCCC2)C1. The maximum atomic E-state index is 12.3. The van der Waals surface area contributed by atoms with Crippen LogP contribution in [0.2, 0.25) is 0 Å². The van der Waals surface area contributed by atoms with E-state index in [1.165, 1.54) is 24.2 Å². The lowest BCUT2D eigenvalue weighted by Gasteiger charge is -2.40. The molecule has 2 heterocycles. The molecule has 2 fully saturated rings. The van der Waals surface area contributed by atoms with Crippen LogP contribution in [0.15, 0.2) is 17.5 Å². The fourth-order valence-electron chi connectivity index (χ4n) is 2.90. The lowest BCUT2D eigenvalue weighted by Crippen LogP contribution is -2.52. The molecule has 1 aliphatic carbocycles. The molecule has 3 rings (SSSR count). The van der Waals surface area contributed by atoms with Crippen LogP contribution in [-0.4, -0.2) is 36.1 Å². The summed E-state index contributed by atoms with van der Waals surface area (Å²) < 4.78 is 5.93. The molecule has 1 aliphatic heterocycles. The fourth-order valence-corrected chi connectivity index (χ4v) is 3.59. The molecular weight excluding hydrogens is 234 g/mol. The lowest BCUT2D eigenvalue weighted by atomic mass is 9.99. The smallest absolute Gasteiger partial charge is 0.264 e. The summed E-state index contributed by atoms with van der Waals surface area (Å²) in [5.74, 6) is 0.176. The largest absolute Gasteiger partial charge is 0.371 e. The molecule has 1 spiro atoms. The quantitative estimate of drug-likeness (QED) is 0.767. The Morgan fingerprint density at radius 3 is 2.94 bits per heavy atom. The van der Waals surface area contributed by atoms with Crippen LogP contribution >= 0.6 is 11.3 Å². The third kappa shape index (κ3) is 2.11. The van der Waals surface area contributed by atoms with E-state index < -0.39 is 0 Å². The number of carbonyl (C=O) groups is 1. The van der Waals surface area contributed by atoms with Crippen molar-refractivity contribution in [3.05, 3.63) is 22.4 Å². The first-order valence-corrected chi connectivity index (χ1v) is 7.14. The lowest BCUT2D eigenvalue weighted by molar-refractivity contribution is -0.0947. The third-order valence-electron chi connectivity index (χ3n) is 3.78. The molecule has 0 bridgehead atoms. The molecule has 0 aromatic carbocycles. The van der Waals surface area contributed by atoms with Gasteiger partial charge in [-0.05, 0) is 24.3 Å². The number of thiophene rings is 1. The Morgan fingerprint density at radius 1 is 1.41 bits per heavy atom. The van der Waals surface area contributed by atoms with Gasteiger partial charge in [-0.15, -0.1) is 11.3 Å². The minimum Gasteiger partial charge on any atom is -0.371 e. The van der Waals surface area contributed by atoms with E-state index in [9.17, 15) is 4.79 Å². The van der Waals surface area contributed by atoms with Gasteiger partial charge in [0.15, 0.2) is 0 Å². The van der Waals surface area contributed by atoms with Crippen LogP contribution in [0.4, 0.5) is 0 Å². The van der Waals surface area contributed by atoms with Crippen molar-refractivity contribution in [1.29, 1.82) is 0 Å². The molecule has 92 valence electrons. The monoisotopic (exact) mass is 251 g/mol. The Kier molecular flexibility index (Phi) is 2.92. The average Bonchev–Trinajstić information content (AvgIpc) is 3.00. The van der Waals surface area contributed by atoms with E-state index >= 15 is 0 Å². The van der Waals surface area contributed by atoms with Gasteiger partial charge in [-0.25, -0.2) is 0 Å². The van der Waals surface area contributed by atoms with Crippen molar-refractivity contribution >= 4 is 17.2 Å². The van der Waals surface area contributed by atoms with Gasteiger partial charge in [0.1, 0.15) is 0 Å². The van der Waals surface area contributed by atoms with Crippen LogP contribution in [0.25, 0.3) is 0 Å². The van der Waals surface area contributed by atoms with Crippen molar-refractivity contribution in [2.24, 2.45) is 0 Å². The first kappa shape index (κ1) is 11.2. The Labute approximate surface area is 105 Å². The van der Waals surface area contributed by atoms with Crippen molar-refractivity contribution in [2.75, 3.05) is 19.7 Å². The molecule has 1 saturated carbocycles. The summed E-state index contributed by atoms with van der Waals surface area (Å²) in [6.45, 7) is 2.21. The number of rotatable bonds is 1. The van der Waals surface area contributed by atoms with Gasteiger partial charge in [-0.3, -0.25) is 4.79 Å². The topological polar surface area (TPSA) is 29.5 Å². The molecule has 1 saturated heterocycles. The summed E-state index contributed by atoms with van der Waals surface area (Å²) in [5, 5.41) is 1.96. The summed E-state index contributed by atoms with van der Waals surface area (Å²) >= 11 is 1.52. The van der Waals surface area contributed by atoms with Crippen LogP contribution in [0, 0.1) is 0 Å². The highest BCUT2D eigenvalue weighted by atomic mass is 32.1. The maximum absolute atomic E-state index is 12.3. The average molecular weight is 251 g/mol. The van der Waals surface area contributed by atoms with Gasteiger partial charge >= 0.3 is 0 Å². The molecule has 1 amide bonds. The standard InChI is InChI=1S/C13H17NO2S/c15-12(11-4-3-9-17-11)14-7-8-16-13(10-14)5-1-2-6-13/h3-4,9H,1-2,5-8,10H2. The van der Waals surface area contributed by atoms with E-state index in [0.29, 0.717) is 6.61 Å². The van der Waals surface area contributed by atoms with E-state index in [1.54, 1.807) is 0 Å². The van der Waals surface area contributed by atoms with Crippen molar-refractivity contribution in [3.63, 3.8) is 0 Å². The number of ether oxygens (including phenoxy) is 1. The predicted molar refractivity (Wildman–Crippen MR) is 67.4 cm³/mol. The number of morpholine rings is 1. The first-order valence-electron chi connectivity index (χ1n) is 6.26. The number of nitrogens with zero attached hydrogens (tertiary/aromatic N) is 1. The highest BCUT2D eigenvalue weighted by molar-refractivity contribution is 7.12. The van der Waals surface area contributed by atoms with Crippen LogP contribution in [0.1, 0.15) is 35.4 Å². The van der Waals surface area contributed by atoms with E-state index in [2.05, 4.69) is 0 Å². The van der Waals surface area contributed by atoms with Crippen molar-refractivity contribution in [3.8, 4) is 0 Å². The predicted octanol–water partition coefficient (Wildman–Crippen LogP) is 2.53. The van der Waals surface area contributed by atoms with Crippen LogP contribution < -0.4 is 0 Å². The summed E-state index contributed by atoms with van der Waals surface area (Å²) in [5.41, 5.74) is -0.0226. The third-order valence-corrected chi connectivity index (χ3v) is 4.64. The summed E-state index contributed by atoms with van der Waals surface area (Å²) in [7, 11) is 0. The molecule has 0 atom stereocenters. The van der Waals surface area contributed by atoms with Gasteiger partial charge in [0, 0.05) is 6.54 Å². The molecule has 2 aliphatic rings. The molecule has 0 unspecified atom stereocenters. The summed E-state index contributed by atoms with van der Waals surface area (Å²) in [6, 6.07) is 3.84. The molecule has 1 aromatic rings. The van der Waals surface area contributed by atoms with E-state index in [4.69, 9.17) is 4.74 Å². The van der Waals surface area contributed by atoms with Gasteiger partial charge in [0.25, 0.3) is 5.91 Å². The zero-order chi connectivity index (χ0) is 11.7. The molecule has 3 nitrogen and oxygen atoms in total. The highest BCUT2D eigenvalue weighted by Gasteiger charge is 2.40. The van der Waals surface area contributed by atoms with Crippen LogP contribution in [0.5, 0.6) is 0 Å². The van der Waals surface area contributed by atoms with Gasteiger partial charge < -0.3 is 9.64 Å². The van der Waals surface area contributed by atoms with Gasteiger partial charge in [0.2, 0.25) is 0 Å². The second-order valence-corrected chi connectivity index (χ2v) is 5.89. The van der Waals surface area contributed by atoms with Crippen LogP contribution in [0.3, 0.4) is 0 Å². The van der Waals surface area contributed by atoms with Crippen molar-refractivity contribution in [2.45, 2.75) is 31.3 Å². The minimum absolute atomic E-state index is 0.0226. The number of hydrogen-bond acceptors (Lipinski definition) is 3. The second kappa shape index (κ2) is 4.42. The van der Waals surface area contributed by atoms with Gasteiger partial charge in [-0.2, -0.15) is 0 Å². The Bertz CT molecular complexity index is 396. The summed E-state index contributed by atoms with van der Waals surface area (Å²) in [6.07, 6.45) is 4.70. The maximum Gasteiger partial charge on any atom is 0.264 e. The molecular formula is C13H17NO2S. The van der Waals surface area contributed by atoms with E-state index in [0.717, 1.165) is 30.8 Å². The molecule has 1 aromatic heterocycles. The van der Waals surface area contributed by atoms with Gasteiger partial charge in [-0.1, -0.05) is 18.9 Å². The normalized spacial score (nSPS) is 23.2. The highest BCUT2D eigenvalue weighted by Crippen LogP contribution is 2.36. The Hall–Kier alpha value is -0.870. The van der Waals surface area contributed by atoms with Crippen LogP contribution in [-0.2, 0) is 4.74 Å². The Balaban J connectivity index is 1.73. The zero-order valence-electron chi connectivity index (χ0n) is 9.85. The fraction of sp³-hybridized carbons (Fsp3) is 0.615. The summed E-state index contributed by atoms with van der Waals surface area (Å²) in [4.78, 5) is 15.1.